The number of hydrogen-bond donors (Lipinski definition) is 0. The molecule has 4 heteroatoms. The van der Waals surface area contributed by atoms with Crippen molar-refractivity contribution in [1.29, 1.82) is 0 Å². The van der Waals surface area contributed by atoms with Gasteiger partial charge in [0.15, 0.2) is 0 Å². The standard InChI is InChI=1S/C3H5NS2.Au/c5-3-4-1-2-6-3;/h1-2H2,(H,4,5);/q;+1/p-1. The van der Waals surface area contributed by atoms with Gasteiger partial charge in [-0.2, -0.15) is 0 Å². The van der Waals surface area contributed by atoms with Crippen LogP contribution in [0.25, 0.3) is 0 Å². The van der Waals surface area contributed by atoms with Gasteiger partial charge >= 0.3 is 22.4 Å². The first-order chi connectivity index (χ1) is 2.89. The summed E-state index contributed by atoms with van der Waals surface area (Å²) in [6.45, 7) is 0.934. The fraction of sp³-hybridized carbons (Fsp3) is 0.667. The van der Waals surface area contributed by atoms with Gasteiger partial charge in [-0.05, 0) is 0 Å². The number of thioether (sulfide) groups is 1. The van der Waals surface area contributed by atoms with E-state index in [0.29, 0.717) is 0 Å². The number of hydrogen-bond acceptors (Lipinski definition) is 3. The summed E-state index contributed by atoms with van der Waals surface area (Å²) >= 11 is 6.38. The van der Waals surface area contributed by atoms with E-state index in [2.05, 4.69) is 4.99 Å². The van der Waals surface area contributed by atoms with Crippen LogP contribution in [0.1, 0.15) is 0 Å². The molecule has 1 rings (SSSR count). The van der Waals surface area contributed by atoms with Crippen molar-refractivity contribution in [2.75, 3.05) is 12.3 Å². The Hall–Kier alpha value is 0.980. The molecular formula is C3H4AuNS2. The fourth-order valence-electron chi connectivity index (χ4n) is 0.316. The van der Waals surface area contributed by atoms with Crippen LogP contribution in [0.15, 0.2) is 4.99 Å². The third kappa shape index (κ3) is 2.72. The minimum absolute atomic E-state index is 0. The van der Waals surface area contributed by atoms with Gasteiger partial charge in [-0.25, -0.2) is 0 Å². The largest absolute Gasteiger partial charge is 1.00 e. The quantitative estimate of drug-likeness (QED) is 0.480. The minimum atomic E-state index is 0. The molecule has 0 saturated carbocycles. The maximum absolute atomic E-state index is 4.72. The second kappa shape index (κ2) is 3.92. The molecule has 1 aliphatic heterocycles. The maximum atomic E-state index is 4.72. The number of aliphatic imine (C=N–C) groups is 1. The van der Waals surface area contributed by atoms with Gasteiger partial charge in [-0.15, -0.1) is 11.8 Å². The van der Waals surface area contributed by atoms with E-state index in [4.69, 9.17) is 12.6 Å². The van der Waals surface area contributed by atoms with Crippen LogP contribution in [0.5, 0.6) is 0 Å². The normalized spacial score (nSPS) is 18.0. The summed E-state index contributed by atoms with van der Waals surface area (Å²) < 4.78 is 0.829. The second-order valence-corrected chi connectivity index (χ2v) is 2.72. The first-order valence-electron chi connectivity index (χ1n) is 1.74. The zero-order valence-electron chi connectivity index (χ0n) is 3.48. The van der Waals surface area contributed by atoms with E-state index in [-0.39, 0.29) is 22.4 Å². The van der Waals surface area contributed by atoms with Gasteiger partial charge in [0.1, 0.15) is 0 Å². The molecule has 0 spiro atoms. The summed E-state index contributed by atoms with van der Waals surface area (Å²) in [7, 11) is 0. The van der Waals surface area contributed by atoms with Gasteiger partial charge in [0.05, 0.1) is 0 Å². The zero-order valence-corrected chi connectivity index (χ0v) is 7.28. The van der Waals surface area contributed by atoms with Gasteiger partial charge in [0, 0.05) is 12.3 Å². The van der Waals surface area contributed by atoms with Crippen molar-refractivity contribution in [2.45, 2.75) is 0 Å². The topological polar surface area (TPSA) is 12.4 Å². The molecule has 1 heterocycles. The molecule has 0 bridgehead atoms. The average Bonchev–Trinajstić information content (AvgIpc) is 1.86. The SMILES string of the molecule is [Au+].[S-]C1=NCCS1. The van der Waals surface area contributed by atoms with E-state index >= 15 is 0 Å². The van der Waals surface area contributed by atoms with E-state index in [1.807, 2.05) is 0 Å². The number of rotatable bonds is 0. The summed E-state index contributed by atoms with van der Waals surface area (Å²) in [6.07, 6.45) is 0. The molecule has 0 radical (unpaired) electrons. The summed E-state index contributed by atoms with van der Waals surface area (Å²) in [5.74, 6) is 1.10. The van der Waals surface area contributed by atoms with Crippen LogP contribution in [0, 0.1) is 0 Å². The van der Waals surface area contributed by atoms with Gasteiger partial charge in [-0.3, -0.25) is 0 Å². The predicted octanol–water partition coefficient (Wildman–Crippen LogP) is 0.634. The van der Waals surface area contributed by atoms with Gasteiger partial charge in [-0.1, -0.05) is 4.38 Å². The molecule has 0 atom stereocenters. The molecule has 0 saturated heterocycles. The molecule has 0 unspecified atom stereocenters. The summed E-state index contributed by atoms with van der Waals surface area (Å²) in [5.41, 5.74) is 0. The van der Waals surface area contributed by atoms with E-state index < -0.39 is 0 Å². The molecular weight excluding hydrogens is 311 g/mol. The molecule has 7 heavy (non-hydrogen) atoms. The van der Waals surface area contributed by atoms with Crippen molar-refractivity contribution in [3.63, 3.8) is 0 Å². The van der Waals surface area contributed by atoms with Crippen LogP contribution in [-0.2, 0) is 35.0 Å². The third-order valence-corrected chi connectivity index (χ3v) is 1.80. The van der Waals surface area contributed by atoms with Crippen LogP contribution >= 0.6 is 11.8 Å². The Balaban J connectivity index is 0.000000360. The van der Waals surface area contributed by atoms with Crippen molar-refractivity contribution in [3.8, 4) is 0 Å². The van der Waals surface area contributed by atoms with Gasteiger partial charge in [0.25, 0.3) is 0 Å². The zero-order chi connectivity index (χ0) is 4.41. The monoisotopic (exact) mass is 315 g/mol. The summed E-state index contributed by atoms with van der Waals surface area (Å²) in [6, 6.07) is 0. The van der Waals surface area contributed by atoms with Crippen LogP contribution in [0.4, 0.5) is 0 Å². The Kier molecular flexibility index (Phi) is 4.47. The molecule has 1 nitrogen and oxygen atoms in total. The number of nitrogens with zero attached hydrogens (tertiary/aromatic N) is 1. The fourth-order valence-corrected chi connectivity index (χ4v) is 1.20. The maximum Gasteiger partial charge on any atom is 1.00 e. The molecule has 0 aromatic carbocycles. The molecule has 0 fully saturated rings. The first kappa shape index (κ1) is 7.98. The van der Waals surface area contributed by atoms with Crippen molar-refractivity contribution in [1.82, 2.24) is 0 Å². The second-order valence-electron chi connectivity index (χ2n) is 0.996. The third-order valence-electron chi connectivity index (χ3n) is 0.558. The minimum Gasteiger partial charge on any atom is -0.754 e. The molecule has 0 aromatic rings. The molecule has 0 amide bonds. The van der Waals surface area contributed by atoms with Crippen LogP contribution in [0.3, 0.4) is 0 Å². The smallest absolute Gasteiger partial charge is 0.754 e. The van der Waals surface area contributed by atoms with Crippen molar-refractivity contribution in [2.24, 2.45) is 4.99 Å². The summed E-state index contributed by atoms with van der Waals surface area (Å²) in [5, 5.41) is 0. The van der Waals surface area contributed by atoms with Crippen LogP contribution in [-0.4, -0.2) is 16.7 Å². The Labute approximate surface area is 68.3 Å². The molecule has 0 aliphatic carbocycles. The van der Waals surface area contributed by atoms with E-state index in [1.54, 1.807) is 11.8 Å². The molecule has 44 valence electrons. The van der Waals surface area contributed by atoms with E-state index in [9.17, 15) is 0 Å². The average molecular weight is 315 g/mol. The van der Waals surface area contributed by atoms with Crippen molar-refractivity contribution in [3.05, 3.63) is 0 Å². The molecule has 0 aromatic heterocycles. The van der Waals surface area contributed by atoms with Gasteiger partial charge < -0.3 is 17.6 Å². The first-order valence-corrected chi connectivity index (χ1v) is 3.13. The van der Waals surface area contributed by atoms with Crippen LogP contribution in [0.2, 0.25) is 0 Å². The Morgan fingerprint density at radius 1 is 1.71 bits per heavy atom. The molecule has 1 aliphatic rings. The van der Waals surface area contributed by atoms with E-state index in [0.717, 1.165) is 16.7 Å². The Morgan fingerprint density at radius 3 is 2.57 bits per heavy atom. The van der Waals surface area contributed by atoms with Gasteiger partial charge in [0.2, 0.25) is 0 Å². The van der Waals surface area contributed by atoms with E-state index in [1.165, 1.54) is 0 Å². The van der Waals surface area contributed by atoms with Crippen molar-refractivity contribution < 1.29 is 22.4 Å². The summed E-state index contributed by atoms with van der Waals surface area (Å²) in [4.78, 5) is 3.93. The predicted molar refractivity (Wildman–Crippen MR) is 32.1 cm³/mol. The Morgan fingerprint density at radius 2 is 2.43 bits per heavy atom. The van der Waals surface area contributed by atoms with Crippen LogP contribution < -0.4 is 0 Å². The molecule has 0 N–H and O–H groups in total. The Bertz CT molecular complexity index is 83.0. The van der Waals surface area contributed by atoms with Crippen molar-refractivity contribution >= 4 is 28.8 Å².